The molecule has 0 fully saturated rings. The van der Waals surface area contributed by atoms with Crippen LogP contribution in [0, 0.1) is 0 Å². The lowest BCUT2D eigenvalue weighted by Crippen LogP contribution is -2.36. The topological polar surface area (TPSA) is 109 Å². The average molecular weight is 408 g/mol. The van der Waals surface area contributed by atoms with Gasteiger partial charge in [-0.2, -0.15) is 0 Å². The number of nitrogens with one attached hydrogen (secondary N) is 1. The summed E-state index contributed by atoms with van der Waals surface area (Å²) in [6.07, 6.45) is 0. The lowest BCUT2D eigenvalue weighted by Gasteiger charge is -2.19. The fourth-order valence-electron chi connectivity index (χ4n) is 3.29. The van der Waals surface area contributed by atoms with E-state index in [0.717, 1.165) is 11.1 Å². The Labute approximate surface area is 173 Å². The van der Waals surface area contributed by atoms with Crippen LogP contribution in [-0.2, 0) is 16.8 Å². The van der Waals surface area contributed by atoms with Crippen molar-refractivity contribution in [3.63, 3.8) is 0 Å². The van der Waals surface area contributed by atoms with Gasteiger partial charge in [-0.05, 0) is 28.7 Å². The number of aromatic nitrogens is 1. The predicted octanol–water partition coefficient (Wildman–Crippen LogP) is 2.87. The maximum absolute atomic E-state index is 13.1. The van der Waals surface area contributed by atoms with E-state index in [1.807, 2.05) is 24.3 Å². The number of para-hydroxylation sites is 1. The fraction of sp³-hybridized carbons (Fsp3) is 0.261. The summed E-state index contributed by atoms with van der Waals surface area (Å²) in [6, 6.07) is 14.6. The maximum atomic E-state index is 13.1. The van der Waals surface area contributed by atoms with E-state index < -0.39 is 35.3 Å². The molecule has 3 aromatic rings. The molecule has 2 aromatic carbocycles. The van der Waals surface area contributed by atoms with Gasteiger partial charge in [0.15, 0.2) is 0 Å². The number of amides is 1. The number of carbonyl (C=O) groups is 2. The van der Waals surface area contributed by atoms with Crippen molar-refractivity contribution in [3.8, 4) is 5.75 Å². The molecule has 0 spiro atoms. The first-order valence-electron chi connectivity index (χ1n) is 9.53. The zero-order valence-corrected chi connectivity index (χ0v) is 17.1. The number of aliphatic carboxylic acids is 1. The minimum Gasteiger partial charge on any atom is -0.506 e. The molecule has 0 bridgehead atoms. The first kappa shape index (κ1) is 21.1. The summed E-state index contributed by atoms with van der Waals surface area (Å²) in [5.41, 5.74) is 1.33. The minimum absolute atomic E-state index is 0.00397. The van der Waals surface area contributed by atoms with Crippen LogP contribution in [0.1, 0.15) is 42.3 Å². The largest absolute Gasteiger partial charge is 0.506 e. The van der Waals surface area contributed by atoms with E-state index in [2.05, 4.69) is 26.1 Å². The standard InChI is InChI=1S/C23H24N2O5/c1-23(2,3)15-10-8-14(9-11-15)13-25-17-7-5-4-6-16(17)20(28)19(22(25)30)21(29)24-12-18(26)27/h4-11,28H,12-13H2,1-3H3,(H,24,29)(H,26,27). The predicted molar refractivity (Wildman–Crippen MR) is 114 cm³/mol. The number of aromatic hydroxyl groups is 1. The van der Waals surface area contributed by atoms with E-state index in [0.29, 0.717) is 10.9 Å². The molecule has 3 N–H and O–H groups in total. The summed E-state index contributed by atoms with van der Waals surface area (Å²) in [6.45, 7) is 5.88. The number of pyridine rings is 1. The molecule has 0 aliphatic rings. The van der Waals surface area contributed by atoms with Gasteiger partial charge in [-0.15, -0.1) is 0 Å². The number of carboxylic acid groups (broad SMARTS) is 1. The summed E-state index contributed by atoms with van der Waals surface area (Å²) in [5.74, 6) is -2.64. The molecule has 0 saturated heterocycles. The highest BCUT2D eigenvalue weighted by atomic mass is 16.4. The van der Waals surface area contributed by atoms with E-state index in [4.69, 9.17) is 5.11 Å². The molecule has 1 amide bonds. The molecule has 156 valence electrons. The monoisotopic (exact) mass is 408 g/mol. The molecule has 0 aliphatic heterocycles. The van der Waals surface area contributed by atoms with Crippen LogP contribution in [0.25, 0.3) is 10.9 Å². The Balaban J connectivity index is 2.11. The minimum atomic E-state index is -1.25. The Bertz CT molecular complexity index is 1170. The van der Waals surface area contributed by atoms with Crippen LogP contribution in [0.4, 0.5) is 0 Å². The average Bonchev–Trinajstić information content (AvgIpc) is 2.69. The second-order valence-electron chi connectivity index (χ2n) is 8.16. The van der Waals surface area contributed by atoms with Crippen molar-refractivity contribution < 1.29 is 19.8 Å². The zero-order chi connectivity index (χ0) is 22.1. The van der Waals surface area contributed by atoms with Gasteiger partial charge in [-0.3, -0.25) is 14.4 Å². The van der Waals surface area contributed by atoms with Gasteiger partial charge in [0.25, 0.3) is 11.5 Å². The number of carbonyl (C=O) groups excluding carboxylic acids is 1. The van der Waals surface area contributed by atoms with Crippen LogP contribution < -0.4 is 10.9 Å². The van der Waals surface area contributed by atoms with Crippen molar-refractivity contribution >= 4 is 22.8 Å². The van der Waals surface area contributed by atoms with Gasteiger partial charge in [0.2, 0.25) is 0 Å². The highest BCUT2D eigenvalue weighted by Crippen LogP contribution is 2.27. The van der Waals surface area contributed by atoms with Gasteiger partial charge in [0, 0.05) is 5.39 Å². The lowest BCUT2D eigenvalue weighted by molar-refractivity contribution is -0.135. The van der Waals surface area contributed by atoms with Gasteiger partial charge in [-0.25, -0.2) is 0 Å². The van der Waals surface area contributed by atoms with E-state index in [1.54, 1.807) is 24.3 Å². The Morgan fingerprint density at radius 3 is 2.27 bits per heavy atom. The summed E-state index contributed by atoms with van der Waals surface area (Å²) in [5, 5.41) is 21.8. The van der Waals surface area contributed by atoms with Crippen molar-refractivity contribution in [1.82, 2.24) is 9.88 Å². The molecule has 0 aliphatic carbocycles. The fourth-order valence-corrected chi connectivity index (χ4v) is 3.29. The molecule has 0 radical (unpaired) electrons. The van der Waals surface area contributed by atoms with E-state index >= 15 is 0 Å². The van der Waals surface area contributed by atoms with Crippen molar-refractivity contribution in [1.29, 1.82) is 0 Å². The number of benzene rings is 2. The van der Waals surface area contributed by atoms with Crippen LogP contribution in [0.3, 0.4) is 0 Å². The summed E-state index contributed by atoms with van der Waals surface area (Å²) < 4.78 is 1.41. The van der Waals surface area contributed by atoms with E-state index in [9.17, 15) is 19.5 Å². The van der Waals surface area contributed by atoms with Crippen molar-refractivity contribution in [2.45, 2.75) is 32.7 Å². The zero-order valence-electron chi connectivity index (χ0n) is 17.1. The first-order valence-corrected chi connectivity index (χ1v) is 9.53. The van der Waals surface area contributed by atoms with Crippen LogP contribution in [0.15, 0.2) is 53.3 Å². The van der Waals surface area contributed by atoms with Crippen LogP contribution >= 0.6 is 0 Å². The third-order valence-electron chi connectivity index (χ3n) is 4.93. The molecule has 3 rings (SSSR count). The molecular weight excluding hydrogens is 384 g/mol. The molecule has 1 aromatic heterocycles. The van der Waals surface area contributed by atoms with Crippen molar-refractivity contribution in [3.05, 3.63) is 75.6 Å². The normalized spacial score (nSPS) is 11.4. The Hall–Kier alpha value is -3.61. The third kappa shape index (κ3) is 4.20. The molecule has 7 nitrogen and oxygen atoms in total. The molecule has 0 saturated carbocycles. The van der Waals surface area contributed by atoms with Gasteiger partial charge in [0.05, 0.1) is 12.1 Å². The highest BCUT2D eigenvalue weighted by molar-refractivity contribution is 6.03. The smallest absolute Gasteiger partial charge is 0.322 e. The second kappa shape index (κ2) is 8.02. The Kier molecular flexibility index (Phi) is 5.64. The van der Waals surface area contributed by atoms with E-state index in [1.165, 1.54) is 4.57 Å². The third-order valence-corrected chi connectivity index (χ3v) is 4.93. The molecule has 0 unspecified atom stereocenters. The Morgan fingerprint density at radius 1 is 1.03 bits per heavy atom. The number of nitrogens with zero attached hydrogens (tertiary/aromatic N) is 1. The van der Waals surface area contributed by atoms with Gasteiger partial charge >= 0.3 is 5.97 Å². The summed E-state index contributed by atoms with van der Waals surface area (Å²) >= 11 is 0. The first-order chi connectivity index (χ1) is 14.1. The van der Waals surface area contributed by atoms with Crippen molar-refractivity contribution in [2.75, 3.05) is 6.54 Å². The number of fused-ring (bicyclic) bond motifs is 1. The maximum Gasteiger partial charge on any atom is 0.322 e. The molecule has 1 heterocycles. The van der Waals surface area contributed by atoms with Crippen molar-refractivity contribution in [2.24, 2.45) is 0 Å². The van der Waals surface area contributed by atoms with Crippen LogP contribution in [0.5, 0.6) is 5.75 Å². The molecule has 30 heavy (non-hydrogen) atoms. The SMILES string of the molecule is CC(C)(C)c1ccc(Cn2c(=O)c(C(=O)NCC(=O)O)c(O)c3ccccc32)cc1. The number of rotatable bonds is 5. The van der Waals surface area contributed by atoms with Gasteiger partial charge < -0.3 is 20.1 Å². The lowest BCUT2D eigenvalue weighted by atomic mass is 9.87. The summed E-state index contributed by atoms with van der Waals surface area (Å²) in [4.78, 5) is 36.3. The molecular formula is C23H24N2O5. The number of carboxylic acids is 1. The van der Waals surface area contributed by atoms with Crippen LogP contribution in [0.2, 0.25) is 0 Å². The highest BCUT2D eigenvalue weighted by Gasteiger charge is 2.22. The number of hydrogen-bond donors (Lipinski definition) is 3. The van der Waals surface area contributed by atoms with Gasteiger partial charge in [-0.1, -0.05) is 57.2 Å². The number of hydrogen-bond acceptors (Lipinski definition) is 4. The Morgan fingerprint density at radius 2 is 1.67 bits per heavy atom. The molecule has 0 atom stereocenters. The quantitative estimate of drug-likeness (QED) is 0.602. The summed E-state index contributed by atoms with van der Waals surface area (Å²) in [7, 11) is 0. The van der Waals surface area contributed by atoms with E-state index in [-0.39, 0.29) is 12.0 Å². The van der Waals surface area contributed by atoms with Gasteiger partial charge in [0.1, 0.15) is 17.9 Å². The molecule has 7 heteroatoms. The van der Waals surface area contributed by atoms with Crippen LogP contribution in [-0.4, -0.2) is 33.2 Å². The second-order valence-corrected chi connectivity index (χ2v) is 8.16.